The van der Waals surface area contributed by atoms with Crippen molar-refractivity contribution in [1.29, 1.82) is 0 Å². The zero-order valence-corrected chi connectivity index (χ0v) is 6.17. The van der Waals surface area contributed by atoms with Crippen LogP contribution in [0.1, 0.15) is 0 Å². The molecule has 0 aliphatic rings. The summed E-state index contributed by atoms with van der Waals surface area (Å²) in [5.41, 5.74) is 0. The van der Waals surface area contributed by atoms with Crippen molar-refractivity contribution in [2.75, 3.05) is 0 Å². The summed E-state index contributed by atoms with van der Waals surface area (Å²) in [6.45, 7) is 0. The van der Waals surface area contributed by atoms with Gasteiger partial charge in [0, 0.05) is 26.8 Å². The minimum atomic E-state index is 0. The first-order chi connectivity index (χ1) is 3.39. The van der Waals surface area contributed by atoms with Gasteiger partial charge in [0.05, 0.1) is 0 Å². The summed E-state index contributed by atoms with van der Waals surface area (Å²) in [4.78, 5) is 0. The Morgan fingerprint density at radius 1 is 1.25 bits per heavy atom. The molecule has 0 saturated heterocycles. The Hall–Kier alpha value is -0.292. The molecule has 0 aliphatic carbocycles. The van der Waals surface area contributed by atoms with Crippen molar-refractivity contribution in [3.05, 3.63) is 30.3 Å². The van der Waals surface area contributed by atoms with Crippen LogP contribution in [0, 0.1) is 6.07 Å². The van der Waals surface area contributed by atoms with Gasteiger partial charge in [-0.25, -0.2) is 0 Å². The number of phenols is 1. The summed E-state index contributed by atoms with van der Waals surface area (Å²) in [6.07, 6.45) is 0. The Kier molecular flexibility index (Phi) is 3.54. The maximum absolute atomic E-state index is 8.61. The molecular formula is C6H5MoO-. The molecule has 0 aliphatic heterocycles. The van der Waals surface area contributed by atoms with Crippen molar-refractivity contribution in [3.8, 4) is 5.75 Å². The second kappa shape index (κ2) is 3.68. The Bertz CT molecular complexity index is 138. The standard InChI is InChI=1S/C6H5O.Mo/c7-6-4-2-1-3-5-6;/h2-5,7H;/q-1;. The van der Waals surface area contributed by atoms with Crippen molar-refractivity contribution in [3.63, 3.8) is 0 Å². The van der Waals surface area contributed by atoms with Gasteiger partial charge in [0.25, 0.3) is 0 Å². The molecule has 1 N–H and O–H groups in total. The molecule has 0 bridgehead atoms. The second-order valence-electron chi connectivity index (χ2n) is 1.26. The summed E-state index contributed by atoms with van der Waals surface area (Å²) in [6, 6.07) is 9.26. The molecule has 0 heterocycles. The van der Waals surface area contributed by atoms with Gasteiger partial charge in [0.1, 0.15) is 0 Å². The smallest absolute Gasteiger partial charge is 0.00821 e. The predicted octanol–water partition coefficient (Wildman–Crippen LogP) is 1.19. The first-order valence-corrected chi connectivity index (χ1v) is 2.04. The summed E-state index contributed by atoms with van der Waals surface area (Å²) in [5.74, 6) is 0.291. The van der Waals surface area contributed by atoms with Gasteiger partial charge in [-0.05, 0) is 0 Å². The van der Waals surface area contributed by atoms with Gasteiger partial charge in [0.2, 0.25) is 0 Å². The van der Waals surface area contributed by atoms with Gasteiger partial charge in [0.15, 0.2) is 0 Å². The van der Waals surface area contributed by atoms with Crippen LogP contribution in [0.15, 0.2) is 24.3 Å². The molecule has 0 unspecified atom stereocenters. The Balaban J connectivity index is 0.000000490. The van der Waals surface area contributed by atoms with E-state index in [1.54, 1.807) is 24.3 Å². The van der Waals surface area contributed by atoms with Crippen molar-refractivity contribution in [2.24, 2.45) is 0 Å². The molecule has 2 heteroatoms. The number of benzene rings is 1. The van der Waals surface area contributed by atoms with Gasteiger partial charge in [-0.3, -0.25) is 0 Å². The maximum atomic E-state index is 8.61. The van der Waals surface area contributed by atoms with Gasteiger partial charge in [-0.15, -0.1) is 12.1 Å². The first kappa shape index (κ1) is 7.71. The van der Waals surface area contributed by atoms with E-state index in [0.29, 0.717) is 5.75 Å². The van der Waals surface area contributed by atoms with Crippen LogP contribution in [0.25, 0.3) is 0 Å². The van der Waals surface area contributed by atoms with Crippen LogP contribution < -0.4 is 0 Å². The molecular weight excluding hydrogens is 184 g/mol. The van der Waals surface area contributed by atoms with Crippen LogP contribution in [0.2, 0.25) is 0 Å². The third-order valence-corrected chi connectivity index (χ3v) is 0.701. The number of rotatable bonds is 0. The number of aromatic hydroxyl groups is 1. The molecule has 1 rings (SSSR count). The number of hydrogen-bond donors (Lipinski definition) is 1. The van der Waals surface area contributed by atoms with E-state index in [-0.39, 0.29) is 21.1 Å². The topological polar surface area (TPSA) is 20.2 Å². The molecule has 0 spiro atoms. The third kappa shape index (κ3) is 2.13. The Morgan fingerprint density at radius 3 is 2.00 bits per heavy atom. The molecule has 0 radical (unpaired) electrons. The van der Waals surface area contributed by atoms with Crippen LogP contribution in [0.4, 0.5) is 0 Å². The predicted molar refractivity (Wildman–Crippen MR) is 26.9 cm³/mol. The summed E-state index contributed by atoms with van der Waals surface area (Å²) in [5, 5.41) is 8.61. The average molecular weight is 189 g/mol. The van der Waals surface area contributed by atoms with Gasteiger partial charge in [-0.2, -0.15) is 18.2 Å². The molecule has 42 valence electrons. The third-order valence-electron chi connectivity index (χ3n) is 0.701. The Labute approximate surface area is 62.6 Å². The van der Waals surface area contributed by atoms with Crippen LogP contribution in [-0.4, -0.2) is 5.11 Å². The van der Waals surface area contributed by atoms with E-state index in [1.807, 2.05) is 0 Å². The molecule has 8 heavy (non-hydrogen) atoms. The monoisotopic (exact) mass is 191 g/mol. The second-order valence-corrected chi connectivity index (χ2v) is 1.26. The molecule has 0 fully saturated rings. The fourth-order valence-corrected chi connectivity index (χ4v) is 0.378. The van der Waals surface area contributed by atoms with Crippen molar-refractivity contribution in [2.45, 2.75) is 0 Å². The number of hydrogen-bond acceptors (Lipinski definition) is 1. The average Bonchev–Trinajstić information content (AvgIpc) is 1.69. The summed E-state index contributed by atoms with van der Waals surface area (Å²) in [7, 11) is 0. The summed E-state index contributed by atoms with van der Waals surface area (Å²) < 4.78 is 0. The molecule has 0 amide bonds. The van der Waals surface area contributed by atoms with E-state index < -0.39 is 0 Å². The van der Waals surface area contributed by atoms with E-state index >= 15 is 0 Å². The number of phenolic OH excluding ortho intramolecular Hbond substituents is 1. The molecule has 0 saturated carbocycles. The van der Waals surface area contributed by atoms with E-state index in [0.717, 1.165) is 0 Å². The zero-order chi connectivity index (χ0) is 5.11. The van der Waals surface area contributed by atoms with Crippen molar-refractivity contribution < 1.29 is 26.2 Å². The van der Waals surface area contributed by atoms with Gasteiger partial charge < -0.3 is 5.11 Å². The normalized spacial score (nSPS) is 7.50. The molecule has 0 atom stereocenters. The minimum absolute atomic E-state index is 0. The van der Waals surface area contributed by atoms with Gasteiger partial charge >= 0.3 is 0 Å². The Morgan fingerprint density at radius 2 is 1.75 bits per heavy atom. The van der Waals surface area contributed by atoms with Crippen LogP contribution in [0.3, 0.4) is 0 Å². The van der Waals surface area contributed by atoms with E-state index in [4.69, 9.17) is 5.11 Å². The minimum Gasteiger partial charge on any atom is -0.533 e. The molecule has 1 aromatic rings. The summed E-state index contributed by atoms with van der Waals surface area (Å²) >= 11 is 0. The zero-order valence-electron chi connectivity index (χ0n) is 4.16. The van der Waals surface area contributed by atoms with Crippen LogP contribution in [-0.2, 0) is 21.1 Å². The van der Waals surface area contributed by atoms with Gasteiger partial charge in [-0.1, -0.05) is 0 Å². The first-order valence-electron chi connectivity index (χ1n) is 2.04. The van der Waals surface area contributed by atoms with Crippen LogP contribution in [0.5, 0.6) is 5.75 Å². The molecule has 1 nitrogen and oxygen atoms in total. The van der Waals surface area contributed by atoms with Crippen molar-refractivity contribution in [1.82, 2.24) is 0 Å². The van der Waals surface area contributed by atoms with E-state index in [9.17, 15) is 0 Å². The fraction of sp³-hybridized carbons (Fsp3) is 0. The van der Waals surface area contributed by atoms with E-state index in [1.165, 1.54) is 0 Å². The van der Waals surface area contributed by atoms with Crippen LogP contribution >= 0.6 is 0 Å². The fourth-order valence-electron chi connectivity index (χ4n) is 0.378. The quantitative estimate of drug-likeness (QED) is 0.480. The van der Waals surface area contributed by atoms with E-state index in [2.05, 4.69) is 6.07 Å². The molecule has 1 aromatic carbocycles. The van der Waals surface area contributed by atoms with Crippen molar-refractivity contribution >= 4 is 0 Å². The SMILES string of the molecule is Oc1cc[c-]cc1.[Mo]. The largest absolute Gasteiger partial charge is 0.533 e. The molecule has 0 aromatic heterocycles. The maximum Gasteiger partial charge on any atom is 0.00821 e.